The molecular weight excluding hydrogens is 708 g/mol. The van der Waals surface area contributed by atoms with Crippen LogP contribution in [0, 0.1) is 6.92 Å². The summed E-state index contributed by atoms with van der Waals surface area (Å²) in [5.74, 6) is 0.877. The van der Waals surface area contributed by atoms with Crippen molar-refractivity contribution in [1.29, 1.82) is 0 Å². The molecular formula is C41H59Cl2N2ORu-. The fourth-order valence-electron chi connectivity index (χ4n) is 5.27. The van der Waals surface area contributed by atoms with E-state index < -0.39 is 13.5 Å². The van der Waals surface area contributed by atoms with Crippen LogP contribution in [-0.2, 0) is 35.2 Å². The number of nitrogens with zero attached hydrogens (tertiary/aromatic N) is 2. The van der Waals surface area contributed by atoms with Gasteiger partial charge in [0.1, 0.15) is 0 Å². The van der Waals surface area contributed by atoms with Gasteiger partial charge < -0.3 is 4.74 Å². The molecule has 4 rings (SSSR count). The van der Waals surface area contributed by atoms with E-state index in [-0.39, 0.29) is 27.8 Å². The topological polar surface area (TPSA) is 15.7 Å². The summed E-state index contributed by atoms with van der Waals surface area (Å²) in [5.41, 5.74) is 8.93. The molecule has 0 spiro atoms. The number of rotatable bonds is 4. The van der Waals surface area contributed by atoms with Gasteiger partial charge in [0, 0.05) is 5.75 Å². The first-order chi connectivity index (χ1) is 21.4. The first-order valence-corrected chi connectivity index (χ1v) is 22.1. The average molecular weight is 768 g/mol. The largest absolute Gasteiger partial charge is 0.548 e. The molecule has 1 saturated heterocycles. The van der Waals surface area contributed by atoms with Crippen molar-refractivity contribution < 1.29 is 18.3 Å². The van der Waals surface area contributed by atoms with Gasteiger partial charge in [0.05, 0.1) is 6.10 Å². The van der Waals surface area contributed by atoms with Crippen LogP contribution in [-0.4, -0.2) is 23.5 Å². The van der Waals surface area contributed by atoms with E-state index in [1.807, 2.05) is 38.1 Å². The van der Waals surface area contributed by atoms with Crippen LogP contribution in [0.2, 0.25) is 0 Å². The van der Waals surface area contributed by atoms with Gasteiger partial charge in [0.15, 0.2) is 0 Å². The molecule has 3 aromatic rings. The van der Waals surface area contributed by atoms with Gasteiger partial charge in [-0.25, -0.2) is 0 Å². The second kappa shape index (κ2) is 14.9. The van der Waals surface area contributed by atoms with E-state index in [0.717, 1.165) is 28.8 Å². The molecule has 1 aliphatic rings. The predicted molar refractivity (Wildman–Crippen MR) is 206 cm³/mol. The molecule has 0 aromatic heterocycles. The van der Waals surface area contributed by atoms with E-state index in [0.29, 0.717) is 0 Å². The summed E-state index contributed by atoms with van der Waals surface area (Å²) in [5, 5.41) is 0. The molecule has 3 aromatic carbocycles. The number of para-hydroxylation sites is 1. The summed E-state index contributed by atoms with van der Waals surface area (Å²) in [4.78, 5) is 4.79. The van der Waals surface area contributed by atoms with Crippen LogP contribution in [0.25, 0.3) is 0 Å². The smallest absolute Gasteiger partial charge is 0.0767 e. The Bertz CT molecular complexity index is 1410. The van der Waals surface area contributed by atoms with Crippen LogP contribution < -0.4 is 14.5 Å². The Morgan fingerprint density at radius 1 is 0.617 bits per heavy atom. The SMILES string of the molecule is CC(C)(C)c1cc(N2CCN(c3cc(C(C)(C)C)cc(C(C)(C)C)c3)[C]2=[Ru]([Cl])[Cl])cc(C(C)(C)C)c1.[CH2-]c1ccccc1OC(C)C. The van der Waals surface area contributed by atoms with Crippen molar-refractivity contribution in [2.45, 2.75) is 125 Å². The number of halogens is 2. The van der Waals surface area contributed by atoms with E-state index in [2.05, 4.69) is 136 Å². The molecule has 262 valence electrons. The van der Waals surface area contributed by atoms with Crippen LogP contribution in [0.3, 0.4) is 0 Å². The summed E-state index contributed by atoms with van der Waals surface area (Å²) in [6.45, 7) is 37.0. The summed E-state index contributed by atoms with van der Waals surface area (Å²) >= 11 is -2.25. The van der Waals surface area contributed by atoms with Gasteiger partial charge in [-0.05, 0) is 13.8 Å². The van der Waals surface area contributed by atoms with Crippen molar-refractivity contribution in [2.75, 3.05) is 22.9 Å². The Hall–Kier alpha value is -2.00. The normalized spacial score (nSPS) is 14.7. The third kappa shape index (κ3) is 10.5. The first-order valence-electron chi connectivity index (χ1n) is 16.7. The maximum atomic E-state index is 6.88. The van der Waals surface area contributed by atoms with Crippen molar-refractivity contribution >= 4 is 35.1 Å². The molecule has 1 heterocycles. The van der Waals surface area contributed by atoms with Crippen LogP contribution in [0.15, 0.2) is 60.7 Å². The van der Waals surface area contributed by atoms with Crippen molar-refractivity contribution in [1.82, 2.24) is 0 Å². The molecule has 0 saturated carbocycles. The van der Waals surface area contributed by atoms with Gasteiger partial charge in [0.2, 0.25) is 0 Å². The molecule has 0 amide bonds. The minimum absolute atomic E-state index is 0.0529. The molecule has 0 atom stereocenters. The first kappa shape index (κ1) is 39.4. The zero-order chi connectivity index (χ0) is 35.7. The van der Waals surface area contributed by atoms with Crippen LogP contribution in [0.4, 0.5) is 11.4 Å². The van der Waals surface area contributed by atoms with Gasteiger partial charge in [-0.1, -0.05) is 12.1 Å². The second-order valence-electron chi connectivity index (χ2n) is 17.1. The quantitative estimate of drug-likeness (QED) is 0.194. The average Bonchev–Trinajstić information content (AvgIpc) is 3.38. The van der Waals surface area contributed by atoms with E-state index in [1.54, 1.807) is 0 Å². The van der Waals surface area contributed by atoms with Gasteiger partial charge in [-0.2, -0.15) is 18.6 Å². The molecule has 0 N–H and O–H groups in total. The maximum absolute atomic E-state index is 6.88. The Morgan fingerprint density at radius 2 is 0.957 bits per heavy atom. The third-order valence-electron chi connectivity index (χ3n) is 8.36. The van der Waals surface area contributed by atoms with Crippen molar-refractivity contribution in [2.24, 2.45) is 0 Å². The molecule has 6 heteroatoms. The minimum Gasteiger partial charge on any atom is -0.548 e. The van der Waals surface area contributed by atoms with Gasteiger partial charge in [-0.15, -0.1) is 6.07 Å². The Morgan fingerprint density at radius 3 is 1.23 bits per heavy atom. The van der Waals surface area contributed by atoms with Gasteiger partial charge in [0.25, 0.3) is 0 Å². The van der Waals surface area contributed by atoms with E-state index in [1.165, 1.54) is 33.6 Å². The molecule has 1 fully saturated rings. The summed E-state index contributed by atoms with van der Waals surface area (Å²) in [6, 6.07) is 21.9. The summed E-state index contributed by atoms with van der Waals surface area (Å²) in [6.07, 6.45) is 0.220. The second-order valence-corrected chi connectivity index (χ2v) is 22.7. The van der Waals surface area contributed by atoms with Crippen LogP contribution in [0.5, 0.6) is 5.75 Å². The third-order valence-corrected chi connectivity index (χ3v) is 11.3. The summed E-state index contributed by atoms with van der Waals surface area (Å²) in [7, 11) is 13.8. The van der Waals surface area contributed by atoms with E-state index in [9.17, 15) is 0 Å². The van der Waals surface area contributed by atoms with Gasteiger partial charge in [-0.3, -0.25) is 0 Å². The number of benzene rings is 3. The molecule has 0 radical (unpaired) electrons. The summed E-state index contributed by atoms with van der Waals surface area (Å²) < 4.78 is 6.57. The molecule has 3 nitrogen and oxygen atoms in total. The maximum Gasteiger partial charge on any atom is 0.0767 e. The standard InChI is InChI=1S/C31H46N2.C10H13O.2ClH.Ru/c1-28(2,3)22-15-23(29(4,5)6)18-26(17-22)32-13-14-33(21-32)27-19-24(30(7,8)9)16-25(20-27)31(10,11)12;1-8(2)11-10-7-5-4-6-9(10)3;;;/h15-20H,13-14H2,1-12H3;4-8H,3H2,1-2H3;2*1H;/q;-1;;;+2/p-2. The van der Waals surface area contributed by atoms with Gasteiger partial charge >= 0.3 is 235 Å². The minimum atomic E-state index is -2.25. The van der Waals surface area contributed by atoms with Crippen LogP contribution >= 0.6 is 19.4 Å². The number of ether oxygens (including phenoxy) is 1. The van der Waals surface area contributed by atoms with Crippen molar-refractivity contribution in [3.8, 4) is 5.75 Å². The molecule has 0 unspecified atom stereocenters. The zero-order valence-electron chi connectivity index (χ0n) is 31.4. The molecule has 0 bridgehead atoms. The number of hydrogen-bond acceptors (Lipinski definition) is 3. The molecule has 1 aliphatic heterocycles. The number of hydrogen-bond donors (Lipinski definition) is 0. The van der Waals surface area contributed by atoms with E-state index in [4.69, 9.17) is 24.1 Å². The fourth-order valence-corrected chi connectivity index (χ4v) is 8.53. The van der Waals surface area contributed by atoms with Crippen molar-refractivity contribution in [3.63, 3.8) is 0 Å². The molecule has 47 heavy (non-hydrogen) atoms. The molecule has 0 aliphatic carbocycles. The number of anilines is 2. The monoisotopic (exact) mass is 767 g/mol. The van der Waals surface area contributed by atoms with Crippen molar-refractivity contribution in [3.05, 3.63) is 95.4 Å². The predicted octanol–water partition coefficient (Wildman–Crippen LogP) is 11.9. The van der Waals surface area contributed by atoms with Crippen LogP contribution in [0.1, 0.15) is 125 Å². The van der Waals surface area contributed by atoms with E-state index >= 15 is 0 Å². The Kier molecular flexibility index (Phi) is 12.5. The fraction of sp³-hybridized carbons (Fsp3) is 0.512. The zero-order valence-corrected chi connectivity index (χ0v) is 34.6. The Labute approximate surface area is 300 Å². The Balaban J connectivity index is 0.000000461.